The molecule has 3 saturated carbocycles. The Morgan fingerprint density at radius 1 is 0.936 bits per heavy atom. The molecule has 47 heavy (non-hydrogen) atoms. The largest absolute Gasteiger partial charge is 0.396 e. The maximum atomic E-state index is 14.2. The number of nitrogens with one attached hydrogen (secondary N) is 1. The zero-order valence-electron chi connectivity index (χ0n) is 29.2. The van der Waals surface area contributed by atoms with Crippen LogP contribution < -0.4 is 11.1 Å². The first kappa shape index (κ1) is 36.9. The van der Waals surface area contributed by atoms with Crippen LogP contribution in [-0.4, -0.2) is 71.6 Å². The van der Waals surface area contributed by atoms with Gasteiger partial charge in [0, 0.05) is 37.9 Å². The van der Waals surface area contributed by atoms with E-state index in [2.05, 4.69) is 24.1 Å². The van der Waals surface area contributed by atoms with E-state index in [1.807, 2.05) is 0 Å². The second kappa shape index (κ2) is 17.5. The Morgan fingerprint density at radius 2 is 1.72 bits per heavy atom. The molecule has 0 bridgehead atoms. The smallest absolute Gasteiger partial charge is 0.173 e. The van der Waals surface area contributed by atoms with E-state index in [0.29, 0.717) is 43.4 Å². The van der Waals surface area contributed by atoms with Gasteiger partial charge in [0.1, 0.15) is 0 Å². The highest BCUT2D eigenvalue weighted by molar-refractivity contribution is 6.06. The number of ether oxygens (including phenoxy) is 1. The standard InChI is InChI=1S/C39H64N2O6/c1-3-7-29(23-42)30-18-25(16-24-14-15-41-37(40)19-24)17-27-10-12-31(26-8-5-4-6-9-26)32-22-35(44)36(47-2)21-28(32)11-13-34(43)39(46)38(45)33(27)20-30/h24-33,35-37,39,41-42,44,46H,3-9,11,13-23,40H2,1-2H3. The number of nitrogens with two attached hydrogens (primary N) is 1. The van der Waals surface area contributed by atoms with Crippen molar-refractivity contribution in [1.29, 1.82) is 0 Å². The molecule has 1 aliphatic heterocycles. The van der Waals surface area contributed by atoms with Crippen LogP contribution in [0.15, 0.2) is 0 Å². The molecule has 8 heteroatoms. The Morgan fingerprint density at radius 3 is 2.43 bits per heavy atom. The number of carbonyl (C=O) groups excluding carboxylic acids is 2. The second-order valence-corrected chi connectivity index (χ2v) is 16.2. The lowest BCUT2D eigenvalue weighted by Gasteiger charge is -2.44. The predicted octanol–water partition coefficient (Wildman–Crippen LogP) is 4.61. The molecule has 5 aliphatic rings. The topological polar surface area (TPSA) is 142 Å². The number of Topliss-reactive ketones (excluding diaryl/α,β-unsaturated/α-hetero) is 2. The lowest BCUT2D eigenvalue weighted by Crippen LogP contribution is -2.45. The summed E-state index contributed by atoms with van der Waals surface area (Å²) in [5.74, 6) is 7.96. The van der Waals surface area contributed by atoms with Crippen LogP contribution in [0, 0.1) is 71.0 Å². The first-order chi connectivity index (χ1) is 22.7. The zero-order chi connectivity index (χ0) is 33.5. The van der Waals surface area contributed by atoms with Gasteiger partial charge in [-0.2, -0.15) is 0 Å². The molecular formula is C39H64N2O6. The molecule has 6 N–H and O–H groups in total. The Hall–Kier alpha value is -1.34. The number of aliphatic hydroxyl groups is 3. The molecule has 0 aromatic carbocycles. The summed E-state index contributed by atoms with van der Waals surface area (Å²) < 4.78 is 5.69. The monoisotopic (exact) mass is 656 g/mol. The lowest BCUT2D eigenvalue weighted by molar-refractivity contribution is -0.142. The van der Waals surface area contributed by atoms with Gasteiger partial charge < -0.3 is 31.1 Å². The van der Waals surface area contributed by atoms with E-state index in [-0.39, 0.29) is 72.4 Å². The molecule has 1 heterocycles. The van der Waals surface area contributed by atoms with Crippen molar-refractivity contribution < 1.29 is 29.6 Å². The summed E-state index contributed by atoms with van der Waals surface area (Å²) in [5.41, 5.74) is 6.32. The maximum absolute atomic E-state index is 14.2. The molecule has 8 nitrogen and oxygen atoms in total. The summed E-state index contributed by atoms with van der Waals surface area (Å²) in [5, 5.41) is 36.4. The van der Waals surface area contributed by atoms with E-state index in [0.717, 1.165) is 64.3 Å². The van der Waals surface area contributed by atoms with Gasteiger partial charge in [0.15, 0.2) is 17.7 Å². The SMILES string of the molecule is CCCC(CO)C1CC(CC2CCNC(N)C2)CC2C#CC(C3CCCCC3)C3CC(O)C(OC)CC3CCC(=O)C(O)C(=O)C2C1. The van der Waals surface area contributed by atoms with Crippen LogP contribution in [0.25, 0.3) is 0 Å². The Kier molecular flexibility index (Phi) is 13.8. The number of ketones is 2. The molecule has 4 aliphatic carbocycles. The molecular weight excluding hydrogens is 592 g/mol. The molecule has 0 radical (unpaired) electrons. The summed E-state index contributed by atoms with van der Waals surface area (Å²) in [7, 11) is 1.64. The van der Waals surface area contributed by atoms with Crippen LogP contribution in [0.3, 0.4) is 0 Å². The van der Waals surface area contributed by atoms with Crippen LogP contribution in [-0.2, 0) is 14.3 Å². The first-order valence-corrected chi connectivity index (χ1v) is 19.3. The normalized spacial score (nSPS) is 41.7. The molecule has 13 atom stereocenters. The van der Waals surface area contributed by atoms with Crippen molar-refractivity contribution >= 4 is 11.6 Å². The Bertz CT molecular complexity index is 1080. The Labute approximate surface area is 283 Å². The van der Waals surface area contributed by atoms with Crippen molar-refractivity contribution in [3.8, 4) is 11.8 Å². The molecule has 0 spiro atoms. The van der Waals surface area contributed by atoms with Gasteiger partial charge in [-0.05, 0) is 125 Å². The minimum Gasteiger partial charge on any atom is -0.396 e. The minimum atomic E-state index is -1.64. The van der Waals surface area contributed by atoms with Gasteiger partial charge in [0.2, 0.25) is 0 Å². The molecule has 5 rings (SSSR count). The number of piperidine rings is 1. The third-order valence-electron chi connectivity index (χ3n) is 13.2. The molecule has 0 aromatic rings. The van der Waals surface area contributed by atoms with Gasteiger partial charge in [-0.25, -0.2) is 0 Å². The van der Waals surface area contributed by atoms with E-state index < -0.39 is 18.1 Å². The summed E-state index contributed by atoms with van der Waals surface area (Å²) in [4.78, 5) is 27.8. The van der Waals surface area contributed by atoms with Gasteiger partial charge in [0.25, 0.3) is 0 Å². The lowest BCUT2D eigenvalue weighted by atomic mass is 9.63. The third-order valence-corrected chi connectivity index (χ3v) is 13.2. The van der Waals surface area contributed by atoms with Crippen molar-refractivity contribution in [2.75, 3.05) is 20.3 Å². The number of hydrogen-bond donors (Lipinski definition) is 5. The number of carbonyl (C=O) groups is 2. The van der Waals surface area contributed by atoms with E-state index in [1.54, 1.807) is 7.11 Å². The highest BCUT2D eigenvalue weighted by atomic mass is 16.5. The Balaban J connectivity index is 1.54. The first-order valence-electron chi connectivity index (χ1n) is 19.3. The number of hydrogen-bond acceptors (Lipinski definition) is 8. The van der Waals surface area contributed by atoms with Crippen LogP contribution in [0.2, 0.25) is 0 Å². The number of methoxy groups -OCH3 is 1. The zero-order valence-corrected chi connectivity index (χ0v) is 29.2. The van der Waals surface area contributed by atoms with E-state index >= 15 is 0 Å². The molecule has 0 aromatic heterocycles. The van der Waals surface area contributed by atoms with Crippen molar-refractivity contribution in [2.45, 2.75) is 141 Å². The average molecular weight is 657 g/mol. The fraction of sp³-hybridized carbons (Fsp3) is 0.897. The summed E-state index contributed by atoms with van der Waals surface area (Å²) in [6.07, 6.45) is 12.6. The highest BCUT2D eigenvalue weighted by Crippen LogP contribution is 2.47. The third kappa shape index (κ3) is 9.27. The fourth-order valence-corrected chi connectivity index (χ4v) is 10.6. The summed E-state index contributed by atoms with van der Waals surface area (Å²) in [6, 6.07) is 0. The molecule has 266 valence electrons. The molecule has 1 saturated heterocycles. The quantitative estimate of drug-likeness (QED) is 0.188. The van der Waals surface area contributed by atoms with Gasteiger partial charge in [-0.15, -0.1) is 0 Å². The van der Waals surface area contributed by atoms with Gasteiger partial charge in [0.05, 0.1) is 18.4 Å². The summed E-state index contributed by atoms with van der Waals surface area (Å²) in [6.45, 7) is 3.14. The van der Waals surface area contributed by atoms with Crippen LogP contribution in [0.5, 0.6) is 0 Å². The second-order valence-electron chi connectivity index (χ2n) is 16.2. The van der Waals surface area contributed by atoms with Crippen LogP contribution >= 0.6 is 0 Å². The molecule has 13 unspecified atom stereocenters. The van der Waals surface area contributed by atoms with Crippen molar-refractivity contribution in [2.24, 2.45) is 64.9 Å². The number of fused-ring (bicyclic) bond motifs is 2. The molecule has 0 amide bonds. The fourth-order valence-electron chi connectivity index (χ4n) is 10.6. The van der Waals surface area contributed by atoms with Crippen LogP contribution in [0.1, 0.15) is 116 Å². The van der Waals surface area contributed by atoms with Gasteiger partial charge in [-0.3, -0.25) is 9.59 Å². The van der Waals surface area contributed by atoms with E-state index in [1.165, 1.54) is 19.3 Å². The number of rotatable bonds is 8. The summed E-state index contributed by atoms with van der Waals surface area (Å²) >= 11 is 0. The number of aliphatic hydroxyl groups excluding tert-OH is 3. The van der Waals surface area contributed by atoms with Gasteiger partial charge in [-0.1, -0.05) is 44.4 Å². The van der Waals surface area contributed by atoms with Crippen molar-refractivity contribution in [3.05, 3.63) is 0 Å². The minimum absolute atomic E-state index is 0.00460. The van der Waals surface area contributed by atoms with Crippen molar-refractivity contribution in [3.63, 3.8) is 0 Å². The van der Waals surface area contributed by atoms with E-state index in [4.69, 9.17) is 10.5 Å². The average Bonchev–Trinajstić information content (AvgIpc) is 3.25. The maximum Gasteiger partial charge on any atom is 0.173 e. The highest BCUT2D eigenvalue weighted by Gasteiger charge is 2.45. The van der Waals surface area contributed by atoms with E-state index in [9.17, 15) is 24.9 Å². The van der Waals surface area contributed by atoms with Crippen LogP contribution in [0.4, 0.5) is 0 Å². The van der Waals surface area contributed by atoms with Crippen molar-refractivity contribution in [1.82, 2.24) is 5.32 Å². The predicted molar refractivity (Wildman–Crippen MR) is 183 cm³/mol. The van der Waals surface area contributed by atoms with Gasteiger partial charge >= 0.3 is 0 Å². The molecule has 4 fully saturated rings.